The highest BCUT2D eigenvalue weighted by atomic mass is 32.2. The van der Waals surface area contributed by atoms with Crippen LogP contribution in [0.1, 0.15) is 32.6 Å². The zero-order valence-electron chi connectivity index (χ0n) is 11.9. The van der Waals surface area contributed by atoms with Crippen LogP contribution in [0.2, 0.25) is 0 Å². The number of amides is 1. The molecule has 0 radical (unpaired) electrons. The highest BCUT2D eigenvalue weighted by molar-refractivity contribution is 7.89. The van der Waals surface area contributed by atoms with Crippen molar-refractivity contribution in [3.63, 3.8) is 0 Å². The molecule has 1 rings (SSSR count). The average molecular weight is 316 g/mol. The highest BCUT2D eigenvalue weighted by Crippen LogP contribution is 2.22. The molecule has 1 saturated heterocycles. The van der Waals surface area contributed by atoms with Crippen molar-refractivity contribution >= 4 is 21.9 Å². The first-order valence-corrected chi connectivity index (χ1v) is 8.40. The summed E-state index contributed by atoms with van der Waals surface area (Å²) in [6, 6.07) is -2.04. The minimum absolute atomic E-state index is 0.0243. The number of aliphatic carboxylic acids is 1. The summed E-state index contributed by atoms with van der Waals surface area (Å²) in [5, 5.41) is 11.3. The number of sulfonamides is 1. The molecule has 0 spiro atoms. The van der Waals surface area contributed by atoms with E-state index in [1.807, 2.05) is 0 Å². The Kier molecular flexibility index (Phi) is 6.18. The summed E-state index contributed by atoms with van der Waals surface area (Å²) >= 11 is 0. The predicted octanol–water partition coefficient (Wildman–Crippen LogP) is -0.217. The van der Waals surface area contributed by atoms with E-state index in [-0.39, 0.29) is 18.7 Å². The quantitative estimate of drug-likeness (QED) is 0.632. The molecule has 1 aliphatic rings. The van der Waals surface area contributed by atoms with Crippen LogP contribution >= 0.6 is 0 Å². The Hall–Kier alpha value is -1.59. The van der Waals surface area contributed by atoms with Gasteiger partial charge in [-0.15, -0.1) is 12.3 Å². The lowest BCUT2D eigenvalue weighted by Crippen LogP contribution is -2.51. The van der Waals surface area contributed by atoms with E-state index in [0.29, 0.717) is 19.3 Å². The number of carbonyl (C=O) groups excluding carboxylic acids is 1. The molecule has 8 heteroatoms. The molecule has 2 N–H and O–H groups in total. The maximum atomic E-state index is 12.1. The molecule has 21 heavy (non-hydrogen) atoms. The molecule has 1 heterocycles. The number of terminal acetylenes is 1. The fourth-order valence-electron chi connectivity index (χ4n) is 2.30. The predicted molar refractivity (Wildman–Crippen MR) is 76.8 cm³/mol. The molecule has 7 nitrogen and oxygen atoms in total. The summed E-state index contributed by atoms with van der Waals surface area (Å²) in [4.78, 5) is 23.1. The van der Waals surface area contributed by atoms with Crippen molar-refractivity contribution in [3.8, 4) is 12.3 Å². The monoisotopic (exact) mass is 316 g/mol. The maximum absolute atomic E-state index is 12.1. The minimum atomic E-state index is -3.49. The molecular weight excluding hydrogens is 296 g/mol. The van der Waals surface area contributed by atoms with Gasteiger partial charge in [0.05, 0.1) is 5.75 Å². The standard InChI is InChI=1S/C13H20N2O5S/c1-3-6-10(13(17)18)14-12(16)11-7-5-8-15(11)21(19,20)9-4-2/h1,10-11H,4-9H2,2H3,(H,14,16)(H,17,18). The molecule has 2 unspecified atom stereocenters. The topological polar surface area (TPSA) is 104 Å². The van der Waals surface area contributed by atoms with Crippen LogP contribution < -0.4 is 5.32 Å². The Morgan fingerprint density at radius 2 is 2.19 bits per heavy atom. The normalized spacial score (nSPS) is 20.7. The second-order valence-electron chi connectivity index (χ2n) is 4.89. The second-order valence-corrected chi connectivity index (χ2v) is 6.93. The first kappa shape index (κ1) is 17.5. The molecular formula is C13H20N2O5S. The van der Waals surface area contributed by atoms with E-state index in [4.69, 9.17) is 11.5 Å². The number of rotatable bonds is 7. The molecule has 1 fully saturated rings. The SMILES string of the molecule is C#CCC(NC(=O)C1CCCN1S(=O)(=O)CCC)C(=O)O. The van der Waals surface area contributed by atoms with Crippen LogP contribution in [0.3, 0.4) is 0 Å². The smallest absolute Gasteiger partial charge is 0.327 e. The van der Waals surface area contributed by atoms with Crippen molar-refractivity contribution in [2.45, 2.75) is 44.7 Å². The number of carboxylic acid groups (broad SMARTS) is 1. The molecule has 0 aliphatic carbocycles. The van der Waals surface area contributed by atoms with Gasteiger partial charge in [0.2, 0.25) is 15.9 Å². The van der Waals surface area contributed by atoms with E-state index in [1.165, 1.54) is 4.31 Å². The summed E-state index contributed by atoms with van der Waals surface area (Å²) in [5.74, 6) is 0.319. The van der Waals surface area contributed by atoms with E-state index in [1.54, 1.807) is 6.92 Å². The average Bonchev–Trinajstić information content (AvgIpc) is 2.88. The van der Waals surface area contributed by atoms with Gasteiger partial charge in [0, 0.05) is 13.0 Å². The first-order valence-electron chi connectivity index (χ1n) is 6.79. The molecule has 1 aliphatic heterocycles. The summed E-state index contributed by atoms with van der Waals surface area (Å²) < 4.78 is 25.3. The Labute approximate surface area is 124 Å². The first-order chi connectivity index (χ1) is 9.83. The van der Waals surface area contributed by atoms with Crippen molar-refractivity contribution in [1.82, 2.24) is 9.62 Å². The minimum Gasteiger partial charge on any atom is -0.480 e. The molecule has 0 saturated carbocycles. The van der Waals surface area contributed by atoms with Crippen molar-refractivity contribution < 1.29 is 23.1 Å². The Bertz CT molecular complexity index is 537. The summed E-state index contributed by atoms with van der Waals surface area (Å²) in [6.45, 7) is 2.03. The number of hydrogen-bond acceptors (Lipinski definition) is 4. The molecule has 2 atom stereocenters. The molecule has 118 valence electrons. The lowest BCUT2D eigenvalue weighted by Gasteiger charge is -2.24. The van der Waals surface area contributed by atoms with Crippen LogP contribution in [0.5, 0.6) is 0 Å². The molecule has 0 aromatic rings. The van der Waals surface area contributed by atoms with Gasteiger partial charge in [-0.05, 0) is 19.3 Å². The summed E-state index contributed by atoms with van der Waals surface area (Å²) in [7, 11) is -3.49. The lowest BCUT2D eigenvalue weighted by atomic mass is 10.1. The third-order valence-corrected chi connectivity index (χ3v) is 5.34. The Morgan fingerprint density at radius 3 is 2.71 bits per heavy atom. The van der Waals surface area contributed by atoms with Gasteiger partial charge < -0.3 is 10.4 Å². The molecule has 0 aromatic carbocycles. The third-order valence-electron chi connectivity index (χ3n) is 3.26. The van der Waals surface area contributed by atoms with Gasteiger partial charge in [-0.1, -0.05) is 6.92 Å². The van der Waals surface area contributed by atoms with E-state index >= 15 is 0 Å². The number of nitrogens with one attached hydrogen (secondary N) is 1. The van der Waals surface area contributed by atoms with Gasteiger partial charge >= 0.3 is 5.97 Å². The van der Waals surface area contributed by atoms with E-state index < -0.39 is 34.0 Å². The summed E-state index contributed by atoms with van der Waals surface area (Å²) in [5.41, 5.74) is 0. The van der Waals surface area contributed by atoms with Crippen LogP contribution in [0.25, 0.3) is 0 Å². The van der Waals surface area contributed by atoms with Crippen LogP contribution in [-0.4, -0.2) is 54.1 Å². The maximum Gasteiger partial charge on any atom is 0.327 e. The zero-order valence-corrected chi connectivity index (χ0v) is 12.7. The fourth-order valence-corrected chi connectivity index (χ4v) is 4.04. The lowest BCUT2D eigenvalue weighted by molar-refractivity contribution is -0.142. The van der Waals surface area contributed by atoms with Crippen LogP contribution in [-0.2, 0) is 19.6 Å². The Balaban J connectivity index is 2.81. The van der Waals surface area contributed by atoms with Crippen molar-refractivity contribution in [3.05, 3.63) is 0 Å². The third kappa shape index (κ3) is 4.44. The fraction of sp³-hybridized carbons (Fsp3) is 0.692. The van der Waals surface area contributed by atoms with Crippen molar-refractivity contribution in [1.29, 1.82) is 0 Å². The largest absolute Gasteiger partial charge is 0.480 e. The summed E-state index contributed by atoms with van der Waals surface area (Å²) in [6.07, 6.45) is 6.34. The van der Waals surface area contributed by atoms with Gasteiger partial charge in [0.15, 0.2) is 0 Å². The molecule has 0 bridgehead atoms. The Morgan fingerprint density at radius 1 is 1.52 bits per heavy atom. The van der Waals surface area contributed by atoms with Crippen LogP contribution in [0.4, 0.5) is 0 Å². The van der Waals surface area contributed by atoms with E-state index in [2.05, 4.69) is 11.2 Å². The van der Waals surface area contributed by atoms with Crippen LogP contribution in [0, 0.1) is 12.3 Å². The zero-order chi connectivity index (χ0) is 16.0. The molecule has 1 amide bonds. The highest BCUT2D eigenvalue weighted by Gasteiger charge is 2.39. The van der Waals surface area contributed by atoms with Crippen LogP contribution in [0.15, 0.2) is 0 Å². The van der Waals surface area contributed by atoms with Gasteiger partial charge in [0.1, 0.15) is 12.1 Å². The number of carbonyl (C=O) groups is 2. The van der Waals surface area contributed by atoms with Gasteiger partial charge in [0.25, 0.3) is 0 Å². The van der Waals surface area contributed by atoms with E-state index in [9.17, 15) is 18.0 Å². The van der Waals surface area contributed by atoms with Crippen molar-refractivity contribution in [2.24, 2.45) is 0 Å². The van der Waals surface area contributed by atoms with Gasteiger partial charge in [-0.2, -0.15) is 4.31 Å². The second kappa shape index (κ2) is 7.43. The van der Waals surface area contributed by atoms with Gasteiger partial charge in [-0.3, -0.25) is 4.79 Å². The van der Waals surface area contributed by atoms with Crippen molar-refractivity contribution in [2.75, 3.05) is 12.3 Å². The number of hydrogen-bond donors (Lipinski definition) is 2. The van der Waals surface area contributed by atoms with E-state index in [0.717, 1.165) is 0 Å². The van der Waals surface area contributed by atoms with Gasteiger partial charge in [-0.25, -0.2) is 13.2 Å². The number of carboxylic acids is 1. The molecule has 0 aromatic heterocycles. The number of nitrogens with zero attached hydrogens (tertiary/aromatic N) is 1.